The minimum atomic E-state index is -3.46. The summed E-state index contributed by atoms with van der Waals surface area (Å²) in [4.78, 5) is 6.23. The Morgan fingerprint density at radius 2 is 2.10 bits per heavy atom. The summed E-state index contributed by atoms with van der Waals surface area (Å²) in [6, 6.07) is 1.25. The number of thiazole rings is 1. The molecule has 0 amide bonds. The van der Waals surface area contributed by atoms with Crippen molar-refractivity contribution in [3.8, 4) is 0 Å². The van der Waals surface area contributed by atoms with E-state index in [-0.39, 0.29) is 8.68 Å². The predicted octanol–water partition coefficient (Wildman–Crippen LogP) is 1.95. The highest BCUT2D eigenvalue weighted by Gasteiger charge is 2.38. The van der Waals surface area contributed by atoms with Gasteiger partial charge in [-0.05, 0) is 38.6 Å². The fourth-order valence-corrected chi connectivity index (χ4v) is 5.81. The van der Waals surface area contributed by atoms with E-state index in [4.69, 9.17) is 11.6 Å². The van der Waals surface area contributed by atoms with Crippen molar-refractivity contribution in [2.24, 2.45) is 5.92 Å². The molecule has 0 aliphatic carbocycles. The second-order valence-corrected chi connectivity index (χ2v) is 9.28. The number of sulfonamides is 1. The highest BCUT2D eigenvalue weighted by Crippen LogP contribution is 2.37. The van der Waals surface area contributed by atoms with E-state index >= 15 is 0 Å². The van der Waals surface area contributed by atoms with E-state index in [1.807, 2.05) is 0 Å². The maximum Gasteiger partial charge on any atom is 0.251 e. The molecule has 1 N–H and O–H groups in total. The van der Waals surface area contributed by atoms with Crippen LogP contribution >= 0.6 is 22.9 Å². The van der Waals surface area contributed by atoms with Crippen molar-refractivity contribution in [3.05, 3.63) is 10.7 Å². The summed E-state index contributed by atoms with van der Waals surface area (Å²) in [5.74, 6) is 0.432. The van der Waals surface area contributed by atoms with Gasteiger partial charge >= 0.3 is 0 Å². The third kappa shape index (κ3) is 2.87. The van der Waals surface area contributed by atoms with E-state index in [0.717, 1.165) is 24.2 Å². The van der Waals surface area contributed by atoms with Crippen LogP contribution in [0.1, 0.15) is 25.7 Å². The minimum Gasteiger partial charge on any atom is -0.300 e. The van der Waals surface area contributed by atoms with Gasteiger partial charge in [0.25, 0.3) is 10.0 Å². The number of rotatable bonds is 4. The molecule has 0 saturated carbocycles. The first-order chi connectivity index (χ1) is 9.45. The summed E-state index contributed by atoms with van der Waals surface area (Å²) in [7, 11) is -1.28. The lowest BCUT2D eigenvalue weighted by molar-refractivity contribution is 0.135. The average Bonchev–Trinajstić information content (AvgIpc) is 2.89. The molecule has 0 radical (unpaired) electrons. The number of nitrogens with one attached hydrogen (secondary N) is 1. The average molecular weight is 336 g/mol. The number of halogens is 1. The van der Waals surface area contributed by atoms with Gasteiger partial charge in [-0.25, -0.2) is 18.1 Å². The number of nitrogens with zero attached hydrogens (tertiary/aromatic N) is 2. The van der Waals surface area contributed by atoms with Crippen LogP contribution in [0.15, 0.2) is 10.4 Å². The Morgan fingerprint density at radius 3 is 2.65 bits per heavy atom. The third-order valence-electron chi connectivity index (χ3n) is 4.48. The third-order valence-corrected chi connectivity index (χ3v) is 7.48. The maximum absolute atomic E-state index is 12.1. The summed E-state index contributed by atoms with van der Waals surface area (Å²) in [6.45, 7) is 0.513. The van der Waals surface area contributed by atoms with Crippen LogP contribution in [-0.2, 0) is 10.0 Å². The van der Waals surface area contributed by atoms with Crippen LogP contribution in [0.5, 0.6) is 0 Å². The smallest absolute Gasteiger partial charge is 0.251 e. The normalized spacial score (nSPS) is 30.8. The van der Waals surface area contributed by atoms with Crippen molar-refractivity contribution in [2.75, 3.05) is 13.6 Å². The number of hydrogen-bond acceptors (Lipinski definition) is 5. The van der Waals surface area contributed by atoms with Gasteiger partial charge in [0.15, 0.2) is 8.68 Å². The zero-order valence-corrected chi connectivity index (χ0v) is 13.6. The first-order valence-corrected chi connectivity index (χ1v) is 9.46. The summed E-state index contributed by atoms with van der Waals surface area (Å²) >= 11 is 6.68. The molecule has 112 valence electrons. The van der Waals surface area contributed by atoms with E-state index in [0.29, 0.717) is 24.5 Å². The van der Waals surface area contributed by atoms with Gasteiger partial charge in [0.2, 0.25) is 0 Å². The Bertz CT molecular complexity index is 575. The summed E-state index contributed by atoms with van der Waals surface area (Å²) in [6.07, 6.45) is 5.97. The SMILES string of the molecule is CN1C2CCC1CC(CNS(=O)(=O)c1cnc(Cl)s1)C2. The molecule has 8 heteroatoms. The predicted molar refractivity (Wildman–Crippen MR) is 79.6 cm³/mol. The molecule has 2 aliphatic heterocycles. The molecule has 0 spiro atoms. The molecule has 2 atom stereocenters. The van der Waals surface area contributed by atoms with E-state index in [1.54, 1.807) is 0 Å². The highest BCUT2D eigenvalue weighted by atomic mass is 35.5. The fraction of sp³-hybridized carbons (Fsp3) is 0.750. The summed E-state index contributed by atoms with van der Waals surface area (Å²) in [5.41, 5.74) is 0. The van der Waals surface area contributed by atoms with Crippen LogP contribution in [-0.4, -0.2) is 44.0 Å². The van der Waals surface area contributed by atoms with Gasteiger partial charge in [-0.15, -0.1) is 0 Å². The van der Waals surface area contributed by atoms with E-state index in [1.165, 1.54) is 19.0 Å². The number of fused-ring (bicyclic) bond motifs is 2. The monoisotopic (exact) mass is 335 g/mol. The molecule has 2 aliphatic rings. The van der Waals surface area contributed by atoms with Crippen molar-refractivity contribution >= 4 is 33.0 Å². The maximum atomic E-state index is 12.1. The van der Waals surface area contributed by atoms with E-state index in [9.17, 15) is 8.42 Å². The van der Waals surface area contributed by atoms with E-state index in [2.05, 4.69) is 21.7 Å². The van der Waals surface area contributed by atoms with Crippen LogP contribution in [0.2, 0.25) is 4.47 Å². The van der Waals surface area contributed by atoms with Gasteiger partial charge in [0.1, 0.15) is 0 Å². The molecule has 2 fully saturated rings. The number of aromatic nitrogens is 1. The first-order valence-electron chi connectivity index (χ1n) is 6.78. The van der Waals surface area contributed by atoms with Gasteiger partial charge in [0, 0.05) is 18.6 Å². The molecule has 1 aromatic heterocycles. The summed E-state index contributed by atoms with van der Waals surface area (Å²) < 4.78 is 27.4. The van der Waals surface area contributed by atoms with Crippen LogP contribution < -0.4 is 4.72 Å². The van der Waals surface area contributed by atoms with Crippen molar-refractivity contribution in [1.29, 1.82) is 0 Å². The van der Waals surface area contributed by atoms with Crippen molar-refractivity contribution in [1.82, 2.24) is 14.6 Å². The minimum absolute atomic E-state index is 0.193. The fourth-order valence-electron chi connectivity index (χ4n) is 3.35. The molecule has 2 saturated heterocycles. The van der Waals surface area contributed by atoms with Gasteiger partial charge < -0.3 is 4.90 Å². The van der Waals surface area contributed by atoms with Crippen molar-refractivity contribution in [3.63, 3.8) is 0 Å². The second-order valence-electron chi connectivity index (χ2n) is 5.67. The standard InChI is InChI=1S/C12H18ClN3O2S2/c1-16-9-2-3-10(16)5-8(4-9)6-15-20(17,18)11-7-14-12(13)19-11/h7-10,15H,2-6H2,1H3. The molecule has 2 bridgehead atoms. The molecule has 5 nitrogen and oxygen atoms in total. The zero-order chi connectivity index (χ0) is 14.3. The van der Waals surface area contributed by atoms with Crippen LogP contribution in [0, 0.1) is 5.92 Å². The Balaban J connectivity index is 1.60. The van der Waals surface area contributed by atoms with Crippen LogP contribution in [0.3, 0.4) is 0 Å². The molecule has 2 unspecified atom stereocenters. The van der Waals surface area contributed by atoms with Crippen molar-refractivity contribution < 1.29 is 8.42 Å². The quantitative estimate of drug-likeness (QED) is 0.913. The second kappa shape index (κ2) is 5.53. The zero-order valence-electron chi connectivity index (χ0n) is 11.3. The molecule has 3 heterocycles. The topological polar surface area (TPSA) is 62.3 Å². The van der Waals surface area contributed by atoms with Gasteiger partial charge in [-0.1, -0.05) is 22.9 Å². The van der Waals surface area contributed by atoms with Crippen LogP contribution in [0.25, 0.3) is 0 Å². The number of piperidine rings is 1. The molecule has 1 aromatic rings. The molecule has 3 rings (SSSR count). The van der Waals surface area contributed by atoms with E-state index < -0.39 is 10.0 Å². The lowest BCUT2D eigenvalue weighted by Crippen LogP contribution is -2.43. The van der Waals surface area contributed by atoms with Gasteiger partial charge in [0.05, 0.1) is 6.20 Å². The summed E-state index contributed by atoms with van der Waals surface area (Å²) in [5, 5.41) is 0. The molecule has 20 heavy (non-hydrogen) atoms. The Morgan fingerprint density at radius 1 is 1.45 bits per heavy atom. The Kier molecular flexibility index (Phi) is 4.07. The van der Waals surface area contributed by atoms with Gasteiger partial charge in [-0.3, -0.25) is 0 Å². The lowest BCUT2D eigenvalue weighted by Gasteiger charge is -2.36. The molecular weight excluding hydrogens is 318 g/mol. The first kappa shape index (κ1) is 14.7. The lowest BCUT2D eigenvalue weighted by atomic mass is 9.91. The molecular formula is C12H18ClN3O2S2. The highest BCUT2D eigenvalue weighted by molar-refractivity contribution is 7.91. The largest absolute Gasteiger partial charge is 0.300 e. The van der Waals surface area contributed by atoms with Crippen molar-refractivity contribution in [2.45, 2.75) is 42.0 Å². The van der Waals surface area contributed by atoms with Crippen LogP contribution in [0.4, 0.5) is 0 Å². The Labute approximate surface area is 128 Å². The Hall–Kier alpha value is -0.210. The van der Waals surface area contributed by atoms with Gasteiger partial charge in [-0.2, -0.15) is 0 Å². The number of hydrogen-bond donors (Lipinski definition) is 1. The molecule has 0 aromatic carbocycles.